The molecule has 11 nitrogen and oxygen atoms in total. The number of fused-ring (bicyclic) bond motifs is 5. The fraction of sp³-hybridized carbons (Fsp3) is 0.750. The Kier molecular flexibility index (Phi) is 6.98. The van der Waals surface area contributed by atoms with Crippen molar-refractivity contribution in [2.45, 2.75) is 94.5 Å². The topological polar surface area (TPSA) is 191 Å². The lowest BCUT2D eigenvalue weighted by Gasteiger charge is -2.62. The monoisotopic (exact) mass is 568 g/mol. The second kappa shape index (κ2) is 9.48. The number of hydrogen-bond acceptors (Lipinski definition) is 10. The molecule has 4 aliphatic carbocycles. The Hall–Kier alpha value is -2.06. The average molecular weight is 569 g/mol. The molecule has 0 unspecified atom stereocenters. The molecule has 0 spiro atoms. The molecule has 0 aromatic carbocycles. The molecule has 0 bridgehead atoms. The Labute approximate surface area is 230 Å². The Morgan fingerprint density at radius 2 is 1.80 bits per heavy atom. The molecule has 1 heterocycles. The predicted molar refractivity (Wildman–Crippen MR) is 133 cm³/mol. The number of carbonyl (C=O) groups is 3. The van der Waals surface area contributed by atoms with E-state index >= 15 is 4.39 Å². The largest absolute Gasteiger partial charge is 0.479 e. The number of carbonyl (C=O) groups excluding carboxylic acids is 2. The van der Waals surface area contributed by atoms with Gasteiger partial charge in [-0.05, 0) is 56.6 Å². The van der Waals surface area contributed by atoms with Gasteiger partial charge in [-0.1, -0.05) is 25.5 Å². The number of Topliss-reactive ketones (excluding diaryl/α,β-unsaturated/α-hetero) is 1. The summed E-state index contributed by atoms with van der Waals surface area (Å²) in [7, 11) is 0. The lowest BCUT2D eigenvalue weighted by molar-refractivity contribution is -0.293. The maximum absolute atomic E-state index is 17.3. The summed E-state index contributed by atoms with van der Waals surface area (Å²) in [6, 6.07) is 0. The van der Waals surface area contributed by atoms with Crippen LogP contribution in [0.5, 0.6) is 0 Å². The van der Waals surface area contributed by atoms with Crippen molar-refractivity contribution in [1.29, 1.82) is 0 Å². The minimum atomic E-state index is -2.13. The Bertz CT molecular complexity index is 1170. The second-order valence-electron chi connectivity index (χ2n) is 12.6. The van der Waals surface area contributed by atoms with E-state index in [1.807, 2.05) is 0 Å². The van der Waals surface area contributed by atoms with Crippen LogP contribution in [0.3, 0.4) is 0 Å². The number of halogens is 1. The number of aliphatic carboxylic acids is 1. The zero-order chi connectivity index (χ0) is 29.6. The van der Waals surface area contributed by atoms with Crippen LogP contribution in [0.2, 0.25) is 0 Å². The minimum Gasteiger partial charge on any atom is -0.479 e. The van der Waals surface area contributed by atoms with Gasteiger partial charge < -0.3 is 40.1 Å². The molecule has 0 radical (unpaired) electrons. The zero-order valence-corrected chi connectivity index (χ0v) is 22.6. The lowest BCUT2D eigenvalue weighted by atomic mass is 9.44. The summed E-state index contributed by atoms with van der Waals surface area (Å²) in [5.41, 5.74) is -6.07. The minimum absolute atomic E-state index is 0.233. The van der Waals surface area contributed by atoms with Crippen molar-refractivity contribution < 1.29 is 58.9 Å². The molecule has 1 saturated heterocycles. The van der Waals surface area contributed by atoms with Crippen molar-refractivity contribution in [3.8, 4) is 0 Å². The summed E-state index contributed by atoms with van der Waals surface area (Å²) >= 11 is 0. The Morgan fingerprint density at radius 1 is 1.12 bits per heavy atom. The number of carboxylic acid groups (broad SMARTS) is 1. The Morgan fingerprint density at radius 3 is 2.45 bits per heavy atom. The van der Waals surface area contributed by atoms with Crippen molar-refractivity contribution in [3.05, 3.63) is 23.8 Å². The highest BCUT2D eigenvalue weighted by atomic mass is 19.1. The van der Waals surface area contributed by atoms with E-state index in [1.54, 1.807) is 20.8 Å². The van der Waals surface area contributed by atoms with Gasteiger partial charge >= 0.3 is 5.97 Å². The van der Waals surface area contributed by atoms with Gasteiger partial charge in [0.25, 0.3) is 0 Å². The molecule has 222 valence electrons. The van der Waals surface area contributed by atoms with Gasteiger partial charge in [-0.3, -0.25) is 9.59 Å². The normalized spacial score (nSPS) is 51.9. The molecular formula is C28H37FO11. The molecular weight excluding hydrogens is 531 g/mol. The van der Waals surface area contributed by atoms with Crippen molar-refractivity contribution in [3.63, 3.8) is 0 Å². The number of ether oxygens (including phenoxy) is 2. The quantitative estimate of drug-likeness (QED) is 0.258. The van der Waals surface area contributed by atoms with Crippen molar-refractivity contribution in [2.24, 2.45) is 28.6 Å². The van der Waals surface area contributed by atoms with Crippen LogP contribution < -0.4 is 0 Å². The van der Waals surface area contributed by atoms with E-state index in [1.165, 1.54) is 18.2 Å². The van der Waals surface area contributed by atoms with E-state index in [0.717, 1.165) is 0 Å². The second-order valence-corrected chi connectivity index (χ2v) is 12.6. The van der Waals surface area contributed by atoms with Gasteiger partial charge in [0.15, 0.2) is 29.6 Å². The summed E-state index contributed by atoms with van der Waals surface area (Å²) < 4.78 is 27.7. The molecule has 0 aromatic rings. The van der Waals surface area contributed by atoms with Gasteiger partial charge in [0.05, 0.1) is 6.10 Å². The number of allylic oxidation sites excluding steroid dienone is 4. The summed E-state index contributed by atoms with van der Waals surface area (Å²) in [4.78, 5) is 37.0. The van der Waals surface area contributed by atoms with Crippen LogP contribution >= 0.6 is 0 Å². The molecule has 0 aromatic heterocycles. The van der Waals surface area contributed by atoms with Crippen LogP contribution in [0.25, 0.3) is 0 Å². The fourth-order valence-corrected chi connectivity index (χ4v) is 8.60. The van der Waals surface area contributed by atoms with Crippen molar-refractivity contribution in [1.82, 2.24) is 0 Å². The lowest BCUT2D eigenvalue weighted by Crippen LogP contribution is -2.69. The van der Waals surface area contributed by atoms with Crippen molar-refractivity contribution >= 4 is 17.5 Å². The van der Waals surface area contributed by atoms with Gasteiger partial charge in [-0.2, -0.15) is 0 Å². The molecule has 13 atom stereocenters. The number of hydrogen-bond donors (Lipinski definition) is 6. The molecule has 4 fully saturated rings. The number of carboxylic acids is 1. The molecule has 5 rings (SSSR count). The zero-order valence-electron chi connectivity index (χ0n) is 22.6. The van der Waals surface area contributed by atoms with Gasteiger partial charge in [-0.25, -0.2) is 9.18 Å². The number of aliphatic hydroxyl groups excluding tert-OH is 4. The number of alkyl halides is 1. The first kappa shape index (κ1) is 29.4. The van der Waals surface area contributed by atoms with E-state index in [0.29, 0.717) is 18.4 Å². The highest BCUT2D eigenvalue weighted by Gasteiger charge is 2.75. The first-order chi connectivity index (χ1) is 18.5. The van der Waals surface area contributed by atoms with Crippen LogP contribution in [-0.2, 0) is 23.9 Å². The third-order valence-electron chi connectivity index (χ3n) is 10.8. The smallest absolute Gasteiger partial charge is 0.335 e. The van der Waals surface area contributed by atoms with Gasteiger partial charge in [-0.15, -0.1) is 0 Å². The van der Waals surface area contributed by atoms with E-state index < -0.39 is 95.0 Å². The first-order valence-electron chi connectivity index (χ1n) is 13.6. The predicted octanol–water partition coefficient (Wildman–Crippen LogP) is -0.188. The molecule has 12 heteroatoms. The highest BCUT2D eigenvalue weighted by Crippen LogP contribution is 2.70. The summed E-state index contributed by atoms with van der Waals surface area (Å²) in [5, 5.41) is 62.8. The van der Waals surface area contributed by atoms with Crippen LogP contribution in [0, 0.1) is 28.6 Å². The maximum Gasteiger partial charge on any atom is 0.335 e. The third-order valence-corrected chi connectivity index (χ3v) is 10.8. The molecule has 6 N–H and O–H groups in total. The SMILES string of the molecule is C[C@@H]1C[C@@H]2[C@H]3CCC4=CC(=O)C=C[C@]4(C)[C@]3(F)[C@@H](O)C[C@]2(C)[C@@]1(O)C(=O)CO[C@@H]1O[C@H](C(=O)O)[C@@H](O)[C@H](O)[C@H]1O. The van der Waals surface area contributed by atoms with Crippen LogP contribution in [-0.4, -0.2) is 103 Å². The van der Waals surface area contributed by atoms with Gasteiger partial charge in [0.1, 0.15) is 30.5 Å². The van der Waals surface area contributed by atoms with Gasteiger partial charge in [0, 0.05) is 16.7 Å². The van der Waals surface area contributed by atoms with Crippen molar-refractivity contribution in [2.75, 3.05) is 6.61 Å². The van der Waals surface area contributed by atoms with Crippen LogP contribution in [0.1, 0.15) is 46.5 Å². The number of rotatable bonds is 5. The first-order valence-corrected chi connectivity index (χ1v) is 13.6. The van der Waals surface area contributed by atoms with Crippen LogP contribution in [0.15, 0.2) is 23.8 Å². The van der Waals surface area contributed by atoms with Gasteiger partial charge in [0.2, 0.25) is 0 Å². The summed E-state index contributed by atoms with van der Waals surface area (Å²) in [6.07, 6.45) is -5.93. The van der Waals surface area contributed by atoms with E-state index in [-0.39, 0.29) is 18.6 Å². The third kappa shape index (κ3) is 3.70. The van der Waals surface area contributed by atoms with E-state index in [9.17, 15) is 45.0 Å². The summed E-state index contributed by atoms with van der Waals surface area (Å²) in [6.45, 7) is 4.16. The standard InChI is InChI=1S/C28H37FO11/c1-12-8-16-15-5-4-13-9-14(30)6-7-25(13,2)27(15,29)17(31)10-26(16,3)28(12,38)18(32)11-39-24-21(35)19(33)20(34)22(40-24)23(36)37/h6-7,9,12,15-17,19-22,24,31,33-35,38H,4-5,8,10-11H2,1-3H3,(H,36,37)/t12-,15-,16-,17+,19+,20+,21-,22+,24-,25+,26+,27-,28+/m1/s1. The summed E-state index contributed by atoms with van der Waals surface area (Å²) in [5.74, 6) is -4.56. The van der Waals surface area contributed by atoms with E-state index in [2.05, 4.69) is 0 Å². The highest BCUT2D eigenvalue weighted by molar-refractivity contribution is 6.01. The average Bonchev–Trinajstić information content (AvgIpc) is 3.09. The molecule has 0 amide bonds. The Balaban J connectivity index is 1.40. The fourth-order valence-electron chi connectivity index (χ4n) is 8.60. The number of aliphatic hydroxyl groups is 5. The maximum atomic E-state index is 17.3. The molecule has 3 saturated carbocycles. The number of ketones is 2. The molecule has 1 aliphatic heterocycles. The van der Waals surface area contributed by atoms with Crippen LogP contribution in [0.4, 0.5) is 4.39 Å². The van der Waals surface area contributed by atoms with E-state index in [4.69, 9.17) is 9.47 Å². The molecule has 5 aliphatic rings. The molecule has 40 heavy (non-hydrogen) atoms.